The fraction of sp³-hybridized carbons (Fsp3) is 0.480. The van der Waals surface area contributed by atoms with Crippen molar-refractivity contribution in [3.8, 4) is 11.5 Å². The van der Waals surface area contributed by atoms with Crippen LogP contribution >= 0.6 is 0 Å². The number of sulfonamides is 1. The van der Waals surface area contributed by atoms with Crippen LogP contribution in [0, 0.1) is 5.92 Å². The fourth-order valence-corrected chi connectivity index (χ4v) is 5.88. The van der Waals surface area contributed by atoms with Gasteiger partial charge in [0.1, 0.15) is 0 Å². The molecule has 2 aliphatic rings. The number of amides is 1. The molecule has 1 saturated heterocycles. The second-order valence-electron chi connectivity index (χ2n) is 8.60. The number of piperidine rings is 1. The highest BCUT2D eigenvalue weighted by Crippen LogP contribution is 2.34. The summed E-state index contributed by atoms with van der Waals surface area (Å²) in [5.74, 6) is 0.848. The lowest BCUT2D eigenvalue weighted by molar-refractivity contribution is -0.127. The predicted octanol–water partition coefficient (Wildman–Crippen LogP) is 3.91. The van der Waals surface area contributed by atoms with Gasteiger partial charge < -0.3 is 14.8 Å². The highest BCUT2D eigenvalue weighted by atomic mass is 32.2. The number of benzene rings is 2. The molecule has 2 aliphatic heterocycles. The standard InChI is InChI=1S/C25H32N2O5S/c1-2-7-22(19-8-4-3-5-9-19)26-25(28)20-12-14-27(15-13-20)33(29,30)21-10-11-23-24(18-21)32-17-6-16-31-23/h3-5,8-11,18,20,22H,2,6-7,12-17H2,1H3,(H,26,28)/t22-/m1/s1. The monoisotopic (exact) mass is 472 g/mol. The van der Waals surface area contributed by atoms with E-state index in [4.69, 9.17) is 9.47 Å². The third-order valence-corrected chi connectivity index (χ3v) is 8.17. The molecular formula is C25H32N2O5S. The molecule has 0 spiro atoms. The Morgan fingerprint density at radius 3 is 2.45 bits per heavy atom. The SMILES string of the molecule is CCC[C@@H](NC(=O)C1CCN(S(=O)(=O)c2ccc3c(c2)OCCCO3)CC1)c1ccccc1. The smallest absolute Gasteiger partial charge is 0.243 e. The van der Waals surface area contributed by atoms with Gasteiger partial charge in [-0.25, -0.2) is 8.42 Å². The minimum Gasteiger partial charge on any atom is -0.490 e. The normalized spacial score (nSPS) is 18.3. The molecule has 0 aromatic heterocycles. The lowest BCUT2D eigenvalue weighted by Gasteiger charge is -2.31. The molecule has 2 aromatic rings. The fourth-order valence-electron chi connectivity index (χ4n) is 4.40. The van der Waals surface area contributed by atoms with Crippen LogP contribution in [-0.4, -0.2) is 44.9 Å². The Kier molecular flexibility index (Phi) is 7.55. The Balaban J connectivity index is 1.38. The number of ether oxygens (including phenoxy) is 2. The lowest BCUT2D eigenvalue weighted by atomic mass is 9.95. The Morgan fingerprint density at radius 2 is 1.76 bits per heavy atom. The van der Waals surface area contributed by atoms with Crippen LogP contribution in [0.3, 0.4) is 0 Å². The average molecular weight is 473 g/mol. The molecule has 1 fully saturated rings. The van der Waals surface area contributed by atoms with Gasteiger partial charge in [-0.2, -0.15) is 4.31 Å². The van der Waals surface area contributed by atoms with Crippen LogP contribution in [0.25, 0.3) is 0 Å². The molecule has 4 rings (SSSR count). The Bertz CT molecular complexity index is 1050. The molecule has 7 nitrogen and oxygen atoms in total. The van der Waals surface area contributed by atoms with Gasteiger partial charge in [-0.05, 0) is 37.0 Å². The van der Waals surface area contributed by atoms with Crippen molar-refractivity contribution in [3.05, 3.63) is 54.1 Å². The molecular weight excluding hydrogens is 440 g/mol. The van der Waals surface area contributed by atoms with Gasteiger partial charge in [0.2, 0.25) is 15.9 Å². The summed E-state index contributed by atoms with van der Waals surface area (Å²) in [6, 6.07) is 14.7. The largest absolute Gasteiger partial charge is 0.490 e. The van der Waals surface area contributed by atoms with Gasteiger partial charge in [-0.3, -0.25) is 4.79 Å². The first-order valence-corrected chi connectivity index (χ1v) is 13.2. The summed E-state index contributed by atoms with van der Waals surface area (Å²) in [6.07, 6.45) is 3.60. The number of carbonyl (C=O) groups excluding carboxylic acids is 1. The van der Waals surface area contributed by atoms with Crippen LogP contribution < -0.4 is 14.8 Å². The summed E-state index contributed by atoms with van der Waals surface area (Å²) in [7, 11) is -3.67. The number of hydrogen-bond donors (Lipinski definition) is 1. The third kappa shape index (κ3) is 5.50. The lowest BCUT2D eigenvalue weighted by Crippen LogP contribution is -2.43. The zero-order chi connectivity index (χ0) is 23.3. The van der Waals surface area contributed by atoms with E-state index in [0.717, 1.165) is 24.8 Å². The van der Waals surface area contributed by atoms with E-state index < -0.39 is 10.0 Å². The maximum absolute atomic E-state index is 13.2. The predicted molar refractivity (Wildman–Crippen MR) is 126 cm³/mol. The second-order valence-corrected chi connectivity index (χ2v) is 10.5. The molecule has 0 unspecified atom stereocenters. The maximum Gasteiger partial charge on any atom is 0.243 e. The van der Waals surface area contributed by atoms with E-state index in [0.29, 0.717) is 50.6 Å². The zero-order valence-corrected chi connectivity index (χ0v) is 19.9. The van der Waals surface area contributed by atoms with Gasteiger partial charge >= 0.3 is 0 Å². The molecule has 0 bridgehead atoms. The molecule has 178 valence electrons. The number of carbonyl (C=O) groups is 1. The summed E-state index contributed by atoms with van der Waals surface area (Å²) in [5.41, 5.74) is 1.10. The van der Waals surface area contributed by atoms with Gasteiger partial charge in [0, 0.05) is 31.5 Å². The average Bonchev–Trinajstić information content (AvgIpc) is 3.09. The molecule has 2 heterocycles. The van der Waals surface area contributed by atoms with Crippen molar-refractivity contribution in [2.45, 2.75) is 50.0 Å². The van der Waals surface area contributed by atoms with Crippen molar-refractivity contribution in [2.75, 3.05) is 26.3 Å². The molecule has 0 aliphatic carbocycles. The summed E-state index contributed by atoms with van der Waals surface area (Å²) in [4.78, 5) is 13.2. The summed E-state index contributed by atoms with van der Waals surface area (Å²) < 4.78 is 39.2. The number of hydrogen-bond acceptors (Lipinski definition) is 5. The van der Waals surface area contributed by atoms with Gasteiger partial charge in [0.25, 0.3) is 0 Å². The van der Waals surface area contributed by atoms with E-state index in [-0.39, 0.29) is 22.8 Å². The van der Waals surface area contributed by atoms with Crippen LogP contribution in [0.15, 0.2) is 53.4 Å². The second kappa shape index (κ2) is 10.6. The number of nitrogens with one attached hydrogen (secondary N) is 1. The number of fused-ring (bicyclic) bond motifs is 1. The van der Waals surface area contributed by atoms with E-state index >= 15 is 0 Å². The van der Waals surface area contributed by atoms with Gasteiger partial charge in [-0.15, -0.1) is 0 Å². The van der Waals surface area contributed by atoms with E-state index in [2.05, 4.69) is 12.2 Å². The molecule has 1 atom stereocenters. The molecule has 8 heteroatoms. The van der Waals surface area contributed by atoms with Gasteiger partial charge in [0.15, 0.2) is 11.5 Å². The summed E-state index contributed by atoms with van der Waals surface area (Å²) >= 11 is 0. The maximum atomic E-state index is 13.2. The first kappa shape index (κ1) is 23.6. The van der Waals surface area contributed by atoms with Crippen LogP contribution in [0.4, 0.5) is 0 Å². The van der Waals surface area contributed by atoms with Crippen LogP contribution in [-0.2, 0) is 14.8 Å². The van der Waals surface area contributed by atoms with Crippen LogP contribution in [0.2, 0.25) is 0 Å². The van der Waals surface area contributed by atoms with Crippen molar-refractivity contribution < 1.29 is 22.7 Å². The van der Waals surface area contributed by atoms with Crippen molar-refractivity contribution in [1.82, 2.24) is 9.62 Å². The van der Waals surface area contributed by atoms with Crippen molar-refractivity contribution in [1.29, 1.82) is 0 Å². The van der Waals surface area contributed by atoms with Gasteiger partial charge in [0.05, 0.1) is 24.2 Å². The summed E-state index contributed by atoms with van der Waals surface area (Å²) in [6.45, 7) is 3.79. The molecule has 0 saturated carbocycles. The van der Waals surface area contributed by atoms with Crippen LogP contribution in [0.5, 0.6) is 11.5 Å². The first-order valence-electron chi connectivity index (χ1n) is 11.7. The van der Waals surface area contributed by atoms with E-state index in [1.54, 1.807) is 18.2 Å². The highest BCUT2D eigenvalue weighted by molar-refractivity contribution is 7.89. The van der Waals surface area contributed by atoms with Crippen LogP contribution in [0.1, 0.15) is 50.6 Å². The summed E-state index contributed by atoms with van der Waals surface area (Å²) in [5, 5.41) is 3.19. The number of nitrogens with zero attached hydrogens (tertiary/aromatic N) is 1. The quantitative estimate of drug-likeness (QED) is 0.661. The van der Waals surface area contributed by atoms with Crippen molar-refractivity contribution >= 4 is 15.9 Å². The Hall–Kier alpha value is -2.58. The van der Waals surface area contributed by atoms with E-state index in [1.165, 1.54) is 4.31 Å². The minimum absolute atomic E-state index is 0.00457. The van der Waals surface area contributed by atoms with E-state index in [9.17, 15) is 13.2 Å². The first-order chi connectivity index (χ1) is 16.0. The molecule has 1 amide bonds. The van der Waals surface area contributed by atoms with Crippen molar-refractivity contribution in [2.24, 2.45) is 5.92 Å². The molecule has 33 heavy (non-hydrogen) atoms. The van der Waals surface area contributed by atoms with Gasteiger partial charge in [-0.1, -0.05) is 43.7 Å². The zero-order valence-electron chi connectivity index (χ0n) is 19.0. The third-order valence-electron chi connectivity index (χ3n) is 6.28. The minimum atomic E-state index is -3.67. The number of rotatable bonds is 7. The Labute approximate surface area is 196 Å². The molecule has 0 radical (unpaired) electrons. The molecule has 1 N–H and O–H groups in total. The molecule has 2 aromatic carbocycles. The van der Waals surface area contributed by atoms with Crippen molar-refractivity contribution in [3.63, 3.8) is 0 Å². The Morgan fingerprint density at radius 1 is 1.06 bits per heavy atom. The highest BCUT2D eigenvalue weighted by Gasteiger charge is 2.33. The van der Waals surface area contributed by atoms with E-state index in [1.807, 2.05) is 30.3 Å². The topological polar surface area (TPSA) is 84.9 Å².